The van der Waals surface area contributed by atoms with Crippen molar-refractivity contribution < 1.29 is 5.11 Å². The SMILES string of the molecule is CCCC(C)C(CC)CCO. The van der Waals surface area contributed by atoms with E-state index in [0.29, 0.717) is 6.61 Å². The van der Waals surface area contributed by atoms with E-state index in [-0.39, 0.29) is 0 Å². The van der Waals surface area contributed by atoms with Crippen LogP contribution in [0.3, 0.4) is 0 Å². The normalized spacial score (nSPS) is 16.4. The van der Waals surface area contributed by atoms with Gasteiger partial charge in [0, 0.05) is 6.61 Å². The zero-order valence-electron chi connectivity index (χ0n) is 8.14. The van der Waals surface area contributed by atoms with Crippen LogP contribution in [0.5, 0.6) is 0 Å². The summed E-state index contributed by atoms with van der Waals surface area (Å²) in [7, 11) is 0. The van der Waals surface area contributed by atoms with Crippen LogP contribution in [0.15, 0.2) is 0 Å². The first-order valence-corrected chi connectivity index (χ1v) is 4.87. The van der Waals surface area contributed by atoms with Crippen molar-refractivity contribution in [1.29, 1.82) is 0 Å². The fourth-order valence-electron chi connectivity index (χ4n) is 1.75. The number of aliphatic hydroxyl groups is 1. The Morgan fingerprint density at radius 2 is 1.82 bits per heavy atom. The Labute approximate surface area is 70.8 Å². The van der Waals surface area contributed by atoms with Gasteiger partial charge in [-0.2, -0.15) is 0 Å². The monoisotopic (exact) mass is 158 g/mol. The van der Waals surface area contributed by atoms with Gasteiger partial charge in [0.2, 0.25) is 0 Å². The highest BCUT2D eigenvalue weighted by Gasteiger charge is 2.13. The molecule has 0 aliphatic rings. The standard InChI is InChI=1S/C10H22O/c1-4-6-9(3)10(5-2)7-8-11/h9-11H,4-8H2,1-3H3. The molecule has 68 valence electrons. The van der Waals surface area contributed by atoms with Crippen molar-refractivity contribution in [1.82, 2.24) is 0 Å². The Morgan fingerprint density at radius 1 is 1.18 bits per heavy atom. The van der Waals surface area contributed by atoms with E-state index in [1.807, 2.05) is 0 Å². The summed E-state index contributed by atoms with van der Waals surface area (Å²) in [4.78, 5) is 0. The Balaban J connectivity index is 3.61. The largest absolute Gasteiger partial charge is 0.396 e. The smallest absolute Gasteiger partial charge is 0.0433 e. The molecule has 0 heterocycles. The summed E-state index contributed by atoms with van der Waals surface area (Å²) in [6, 6.07) is 0. The van der Waals surface area contributed by atoms with Crippen LogP contribution in [-0.4, -0.2) is 11.7 Å². The lowest BCUT2D eigenvalue weighted by atomic mass is 9.86. The maximum absolute atomic E-state index is 8.78. The third-order valence-corrected chi connectivity index (χ3v) is 2.57. The van der Waals surface area contributed by atoms with Gasteiger partial charge in [-0.25, -0.2) is 0 Å². The topological polar surface area (TPSA) is 20.2 Å². The number of rotatable bonds is 6. The van der Waals surface area contributed by atoms with E-state index in [9.17, 15) is 0 Å². The Kier molecular flexibility index (Phi) is 6.63. The summed E-state index contributed by atoms with van der Waals surface area (Å²) >= 11 is 0. The molecule has 1 N–H and O–H groups in total. The van der Waals surface area contributed by atoms with E-state index in [0.717, 1.165) is 18.3 Å². The molecule has 0 rings (SSSR count). The predicted octanol–water partition coefficient (Wildman–Crippen LogP) is 2.83. The molecule has 2 atom stereocenters. The molecule has 0 saturated heterocycles. The fraction of sp³-hybridized carbons (Fsp3) is 1.00. The molecule has 0 amide bonds. The van der Waals surface area contributed by atoms with Gasteiger partial charge in [0.05, 0.1) is 0 Å². The molecule has 1 nitrogen and oxygen atoms in total. The van der Waals surface area contributed by atoms with E-state index in [1.54, 1.807) is 0 Å². The third-order valence-electron chi connectivity index (χ3n) is 2.57. The van der Waals surface area contributed by atoms with Crippen LogP contribution in [0.2, 0.25) is 0 Å². The molecule has 0 aromatic heterocycles. The van der Waals surface area contributed by atoms with Crippen LogP contribution < -0.4 is 0 Å². The molecule has 0 aromatic rings. The molecule has 0 bridgehead atoms. The van der Waals surface area contributed by atoms with Gasteiger partial charge in [0.1, 0.15) is 0 Å². The summed E-state index contributed by atoms with van der Waals surface area (Å²) in [5, 5.41) is 8.78. The maximum Gasteiger partial charge on any atom is 0.0433 e. The van der Waals surface area contributed by atoms with Crippen molar-refractivity contribution in [3.05, 3.63) is 0 Å². The van der Waals surface area contributed by atoms with Crippen molar-refractivity contribution in [3.8, 4) is 0 Å². The van der Waals surface area contributed by atoms with Gasteiger partial charge in [-0.15, -0.1) is 0 Å². The lowest BCUT2D eigenvalue weighted by Gasteiger charge is -2.20. The highest BCUT2D eigenvalue weighted by molar-refractivity contribution is 4.64. The zero-order chi connectivity index (χ0) is 8.69. The highest BCUT2D eigenvalue weighted by Crippen LogP contribution is 2.22. The first kappa shape index (κ1) is 11.0. The summed E-state index contributed by atoms with van der Waals surface area (Å²) in [6.45, 7) is 7.09. The van der Waals surface area contributed by atoms with Gasteiger partial charge in [0.25, 0.3) is 0 Å². The average Bonchev–Trinajstić information content (AvgIpc) is 2.00. The van der Waals surface area contributed by atoms with Crippen LogP contribution >= 0.6 is 0 Å². The predicted molar refractivity (Wildman–Crippen MR) is 49.6 cm³/mol. The van der Waals surface area contributed by atoms with Gasteiger partial charge in [-0.1, -0.05) is 40.0 Å². The van der Waals surface area contributed by atoms with Crippen LogP contribution in [0.25, 0.3) is 0 Å². The van der Waals surface area contributed by atoms with Gasteiger partial charge < -0.3 is 5.11 Å². The molecular formula is C10H22O. The Hall–Kier alpha value is -0.0400. The minimum Gasteiger partial charge on any atom is -0.396 e. The molecule has 0 spiro atoms. The number of aliphatic hydroxyl groups excluding tert-OH is 1. The van der Waals surface area contributed by atoms with Crippen LogP contribution in [-0.2, 0) is 0 Å². The van der Waals surface area contributed by atoms with E-state index in [2.05, 4.69) is 20.8 Å². The van der Waals surface area contributed by atoms with Crippen molar-refractivity contribution in [2.75, 3.05) is 6.61 Å². The van der Waals surface area contributed by atoms with Gasteiger partial charge in [0.15, 0.2) is 0 Å². The Bertz CT molecular complexity index is 80.9. The van der Waals surface area contributed by atoms with Crippen LogP contribution in [0, 0.1) is 11.8 Å². The molecule has 0 fully saturated rings. The van der Waals surface area contributed by atoms with Crippen LogP contribution in [0.4, 0.5) is 0 Å². The molecule has 2 unspecified atom stereocenters. The third kappa shape index (κ3) is 4.41. The lowest BCUT2D eigenvalue weighted by molar-refractivity contribution is 0.215. The van der Waals surface area contributed by atoms with Crippen molar-refractivity contribution in [2.45, 2.75) is 46.5 Å². The minimum absolute atomic E-state index is 0.354. The van der Waals surface area contributed by atoms with Crippen LogP contribution in [0.1, 0.15) is 46.5 Å². The summed E-state index contributed by atoms with van der Waals surface area (Å²) in [5.74, 6) is 1.53. The zero-order valence-corrected chi connectivity index (χ0v) is 8.14. The number of hydrogen-bond acceptors (Lipinski definition) is 1. The average molecular weight is 158 g/mol. The molecule has 1 heteroatoms. The van der Waals surface area contributed by atoms with E-state index in [4.69, 9.17) is 5.11 Å². The van der Waals surface area contributed by atoms with Gasteiger partial charge in [-0.3, -0.25) is 0 Å². The first-order valence-electron chi connectivity index (χ1n) is 4.87. The highest BCUT2D eigenvalue weighted by atomic mass is 16.3. The summed E-state index contributed by atoms with van der Waals surface area (Å²) in [6.07, 6.45) is 4.76. The second kappa shape index (κ2) is 6.66. The van der Waals surface area contributed by atoms with Crippen molar-refractivity contribution >= 4 is 0 Å². The quantitative estimate of drug-likeness (QED) is 0.630. The molecular weight excluding hydrogens is 136 g/mol. The first-order chi connectivity index (χ1) is 5.26. The fourth-order valence-corrected chi connectivity index (χ4v) is 1.75. The molecule has 11 heavy (non-hydrogen) atoms. The maximum atomic E-state index is 8.78. The van der Waals surface area contributed by atoms with Gasteiger partial charge in [-0.05, 0) is 18.3 Å². The van der Waals surface area contributed by atoms with Crippen molar-refractivity contribution in [3.63, 3.8) is 0 Å². The van der Waals surface area contributed by atoms with E-state index in [1.165, 1.54) is 19.3 Å². The lowest BCUT2D eigenvalue weighted by Crippen LogP contribution is -2.12. The van der Waals surface area contributed by atoms with E-state index >= 15 is 0 Å². The summed E-state index contributed by atoms with van der Waals surface area (Å²) in [5.41, 5.74) is 0. The van der Waals surface area contributed by atoms with Gasteiger partial charge >= 0.3 is 0 Å². The minimum atomic E-state index is 0.354. The number of hydrogen-bond donors (Lipinski definition) is 1. The second-order valence-electron chi connectivity index (χ2n) is 3.45. The molecule has 0 aromatic carbocycles. The molecule has 0 saturated carbocycles. The summed E-state index contributed by atoms with van der Waals surface area (Å²) < 4.78 is 0. The van der Waals surface area contributed by atoms with Crippen molar-refractivity contribution in [2.24, 2.45) is 11.8 Å². The molecule has 0 radical (unpaired) electrons. The molecule has 0 aliphatic carbocycles. The second-order valence-corrected chi connectivity index (χ2v) is 3.45. The Morgan fingerprint density at radius 3 is 2.18 bits per heavy atom. The van der Waals surface area contributed by atoms with E-state index < -0.39 is 0 Å². The molecule has 0 aliphatic heterocycles.